The molecule has 0 radical (unpaired) electrons. The largest absolute Gasteiger partial charge is 0.415 e. The lowest BCUT2D eigenvalue weighted by Crippen LogP contribution is -2.48. The summed E-state index contributed by atoms with van der Waals surface area (Å²) in [6.07, 6.45) is 4.11. The van der Waals surface area contributed by atoms with Gasteiger partial charge >= 0.3 is 6.09 Å². The third-order valence-electron chi connectivity index (χ3n) is 8.71. The number of aryl methyl sites for hydroxylation is 1. The first-order chi connectivity index (χ1) is 18.8. The Morgan fingerprint density at radius 3 is 2.08 bits per heavy atom. The molecule has 1 aliphatic carbocycles. The highest BCUT2D eigenvalue weighted by molar-refractivity contribution is 6.30. The fraction of sp³-hybridized carbons (Fsp3) is 0.516. The minimum absolute atomic E-state index is 0.0583. The van der Waals surface area contributed by atoms with Crippen molar-refractivity contribution in [1.29, 1.82) is 0 Å². The van der Waals surface area contributed by atoms with E-state index < -0.39 is 6.09 Å². The second-order valence-corrected chi connectivity index (χ2v) is 11.6. The number of likely N-dealkylation sites (N-methyl/N-ethyl adjacent to an activating group) is 1. The van der Waals surface area contributed by atoms with E-state index in [1.807, 2.05) is 60.0 Å². The second kappa shape index (κ2) is 12.0. The Bertz CT molecular complexity index is 1170. The van der Waals surface area contributed by atoms with Crippen molar-refractivity contribution >= 4 is 29.5 Å². The van der Waals surface area contributed by atoms with Gasteiger partial charge in [-0.1, -0.05) is 47.9 Å². The number of piperidine rings is 1. The SMILES string of the molecule is CCN(C(=O)Oc1ccc(C)cc1)C1CN(C(=O)C2CCN(C(=O)C3CCC3)CC2)CC1c1ccc(Cl)cc1. The van der Waals surface area contributed by atoms with Gasteiger partial charge in [-0.05, 0) is 69.4 Å². The molecule has 2 saturated heterocycles. The number of ether oxygens (including phenoxy) is 1. The zero-order valence-corrected chi connectivity index (χ0v) is 23.6. The Balaban J connectivity index is 1.29. The van der Waals surface area contributed by atoms with E-state index in [0.29, 0.717) is 56.3 Å². The Kier molecular flexibility index (Phi) is 8.46. The first-order valence-electron chi connectivity index (χ1n) is 14.2. The average Bonchev–Trinajstić information content (AvgIpc) is 3.34. The van der Waals surface area contributed by atoms with Gasteiger partial charge in [-0.3, -0.25) is 9.59 Å². The number of benzene rings is 2. The summed E-state index contributed by atoms with van der Waals surface area (Å²) < 4.78 is 5.74. The van der Waals surface area contributed by atoms with Gasteiger partial charge in [0.1, 0.15) is 5.75 Å². The maximum Gasteiger partial charge on any atom is 0.415 e. The van der Waals surface area contributed by atoms with Crippen LogP contribution in [0, 0.1) is 18.8 Å². The Morgan fingerprint density at radius 1 is 0.872 bits per heavy atom. The van der Waals surface area contributed by atoms with E-state index in [9.17, 15) is 14.4 Å². The minimum atomic E-state index is -0.414. The minimum Gasteiger partial charge on any atom is -0.410 e. The molecule has 208 valence electrons. The number of likely N-dealkylation sites (tertiary alicyclic amines) is 2. The number of hydrogen-bond donors (Lipinski definition) is 0. The number of carbonyl (C=O) groups is 3. The molecular formula is C31H38ClN3O4. The van der Waals surface area contributed by atoms with Gasteiger partial charge in [0.2, 0.25) is 11.8 Å². The quantitative estimate of drug-likeness (QED) is 0.475. The zero-order valence-electron chi connectivity index (χ0n) is 22.9. The summed E-state index contributed by atoms with van der Waals surface area (Å²) in [6, 6.07) is 14.9. The summed E-state index contributed by atoms with van der Waals surface area (Å²) in [5.41, 5.74) is 2.13. The van der Waals surface area contributed by atoms with E-state index in [4.69, 9.17) is 16.3 Å². The number of amides is 3. The van der Waals surface area contributed by atoms with E-state index in [1.54, 1.807) is 17.0 Å². The molecule has 0 spiro atoms. The summed E-state index contributed by atoms with van der Waals surface area (Å²) in [7, 11) is 0. The predicted molar refractivity (Wildman–Crippen MR) is 151 cm³/mol. The standard InChI is InChI=1S/C31H38ClN3O4/c1-3-35(31(38)39-26-13-7-21(2)8-14-26)28-20-34(19-27(28)22-9-11-25(32)12-10-22)30(37)24-15-17-33(18-16-24)29(36)23-5-4-6-23/h7-14,23-24,27-28H,3-6,15-20H2,1-2H3. The van der Waals surface area contributed by atoms with Crippen molar-refractivity contribution in [3.05, 3.63) is 64.7 Å². The van der Waals surface area contributed by atoms with Crippen LogP contribution < -0.4 is 4.74 Å². The summed E-state index contributed by atoms with van der Waals surface area (Å²) in [4.78, 5) is 45.4. The van der Waals surface area contributed by atoms with Gasteiger partial charge < -0.3 is 19.4 Å². The van der Waals surface area contributed by atoms with Crippen molar-refractivity contribution in [2.24, 2.45) is 11.8 Å². The van der Waals surface area contributed by atoms with E-state index in [2.05, 4.69) is 0 Å². The van der Waals surface area contributed by atoms with Crippen LogP contribution in [0.4, 0.5) is 4.79 Å². The van der Waals surface area contributed by atoms with E-state index in [1.165, 1.54) is 0 Å². The maximum atomic E-state index is 13.7. The summed E-state index contributed by atoms with van der Waals surface area (Å²) in [6.45, 7) is 6.66. The van der Waals surface area contributed by atoms with E-state index >= 15 is 0 Å². The number of nitrogens with zero attached hydrogens (tertiary/aromatic N) is 3. The number of hydrogen-bond acceptors (Lipinski definition) is 4. The molecular weight excluding hydrogens is 514 g/mol. The average molecular weight is 552 g/mol. The van der Waals surface area contributed by atoms with Crippen LogP contribution in [0.25, 0.3) is 0 Å². The molecule has 0 aromatic heterocycles. The molecule has 3 aliphatic rings. The number of rotatable bonds is 6. The molecule has 2 atom stereocenters. The lowest BCUT2D eigenvalue weighted by Gasteiger charge is -2.37. The van der Waals surface area contributed by atoms with Crippen LogP contribution in [-0.2, 0) is 9.59 Å². The second-order valence-electron chi connectivity index (χ2n) is 11.2. The molecule has 7 nitrogen and oxygen atoms in total. The van der Waals surface area contributed by atoms with Crippen LogP contribution in [-0.4, -0.2) is 71.4 Å². The highest BCUT2D eigenvalue weighted by Gasteiger charge is 2.43. The van der Waals surface area contributed by atoms with Crippen molar-refractivity contribution in [3.63, 3.8) is 0 Å². The van der Waals surface area contributed by atoms with E-state index in [-0.39, 0.29) is 35.6 Å². The Hall–Kier alpha value is -3.06. The number of halogens is 1. The van der Waals surface area contributed by atoms with Gasteiger partial charge in [0, 0.05) is 55.5 Å². The maximum absolute atomic E-state index is 13.7. The van der Waals surface area contributed by atoms with E-state index in [0.717, 1.165) is 30.4 Å². The fourth-order valence-electron chi connectivity index (χ4n) is 6.10. The van der Waals surface area contributed by atoms with Crippen molar-refractivity contribution in [1.82, 2.24) is 14.7 Å². The van der Waals surface area contributed by atoms with Crippen molar-refractivity contribution in [3.8, 4) is 5.75 Å². The van der Waals surface area contributed by atoms with Crippen LogP contribution in [0.1, 0.15) is 56.1 Å². The van der Waals surface area contributed by atoms with Crippen molar-refractivity contribution < 1.29 is 19.1 Å². The molecule has 0 bridgehead atoms. The van der Waals surface area contributed by atoms with Crippen LogP contribution in [0.2, 0.25) is 5.02 Å². The molecule has 5 rings (SSSR count). The molecule has 1 saturated carbocycles. The van der Waals surface area contributed by atoms with Crippen LogP contribution in [0.15, 0.2) is 48.5 Å². The van der Waals surface area contributed by atoms with Crippen LogP contribution in [0.5, 0.6) is 5.75 Å². The summed E-state index contributed by atoms with van der Waals surface area (Å²) in [5.74, 6) is 0.918. The Morgan fingerprint density at radius 2 is 1.49 bits per heavy atom. The van der Waals surface area contributed by atoms with Crippen molar-refractivity contribution in [2.45, 2.75) is 57.9 Å². The summed E-state index contributed by atoms with van der Waals surface area (Å²) >= 11 is 6.17. The molecule has 3 amide bonds. The van der Waals surface area contributed by atoms with Gasteiger partial charge in [-0.25, -0.2) is 4.79 Å². The number of carbonyl (C=O) groups excluding carboxylic acids is 3. The zero-order chi connectivity index (χ0) is 27.5. The molecule has 2 aromatic rings. The lowest BCUT2D eigenvalue weighted by atomic mass is 9.83. The summed E-state index contributed by atoms with van der Waals surface area (Å²) in [5, 5.41) is 0.649. The third kappa shape index (κ3) is 6.08. The molecule has 0 N–H and O–H groups in total. The molecule has 3 fully saturated rings. The normalized spacial score (nSPS) is 21.9. The molecule has 2 aromatic carbocycles. The van der Waals surface area contributed by atoms with Crippen LogP contribution >= 0.6 is 11.6 Å². The Labute approximate surface area is 236 Å². The van der Waals surface area contributed by atoms with Gasteiger partial charge in [0.25, 0.3) is 0 Å². The first kappa shape index (κ1) is 27.5. The van der Waals surface area contributed by atoms with Gasteiger partial charge in [0.15, 0.2) is 0 Å². The highest BCUT2D eigenvalue weighted by Crippen LogP contribution is 2.35. The lowest BCUT2D eigenvalue weighted by molar-refractivity contribution is -0.143. The fourth-order valence-corrected chi connectivity index (χ4v) is 6.23. The molecule has 8 heteroatoms. The third-order valence-corrected chi connectivity index (χ3v) is 8.96. The molecule has 2 unspecified atom stereocenters. The molecule has 2 heterocycles. The first-order valence-corrected chi connectivity index (χ1v) is 14.6. The van der Waals surface area contributed by atoms with Gasteiger partial charge in [0.05, 0.1) is 6.04 Å². The van der Waals surface area contributed by atoms with Gasteiger partial charge in [-0.2, -0.15) is 0 Å². The highest BCUT2D eigenvalue weighted by atomic mass is 35.5. The predicted octanol–water partition coefficient (Wildman–Crippen LogP) is 5.50. The van der Waals surface area contributed by atoms with Crippen molar-refractivity contribution in [2.75, 3.05) is 32.7 Å². The monoisotopic (exact) mass is 551 g/mol. The molecule has 2 aliphatic heterocycles. The van der Waals surface area contributed by atoms with Gasteiger partial charge in [-0.15, -0.1) is 0 Å². The van der Waals surface area contributed by atoms with Crippen LogP contribution in [0.3, 0.4) is 0 Å². The smallest absolute Gasteiger partial charge is 0.410 e. The topological polar surface area (TPSA) is 70.2 Å². The molecule has 39 heavy (non-hydrogen) atoms.